The van der Waals surface area contributed by atoms with E-state index in [1.54, 1.807) is 0 Å². The number of hydrogen-bond donors (Lipinski definition) is 2. The largest absolute Gasteiger partial charge is 0.377 e. The van der Waals surface area contributed by atoms with E-state index >= 15 is 0 Å². The van der Waals surface area contributed by atoms with Gasteiger partial charge >= 0.3 is 0 Å². The average molecular weight is 478 g/mol. The molecule has 1 aliphatic heterocycles. The maximum Gasteiger partial charge on any atom is 0.191 e. The molecule has 1 aromatic carbocycles. The predicted octanol–water partition coefficient (Wildman–Crippen LogP) is 4.39. The highest BCUT2D eigenvalue weighted by Gasteiger charge is 2.59. The minimum atomic E-state index is 0. The molecule has 4 atom stereocenters. The van der Waals surface area contributed by atoms with Gasteiger partial charge in [0.25, 0.3) is 0 Å². The van der Waals surface area contributed by atoms with Gasteiger partial charge in [-0.05, 0) is 38.0 Å². The van der Waals surface area contributed by atoms with E-state index in [0.29, 0.717) is 18.1 Å². The highest BCUT2D eigenvalue weighted by molar-refractivity contribution is 14.0. The number of ether oxygens (including phenoxy) is 1. The molecule has 4 nitrogen and oxygen atoms in total. The second kappa shape index (κ2) is 8.44. The van der Waals surface area contributed by atoms with E-state index in [4.69, 9.17) is 16.3 Å². The fourth-order valence-corrected chi connectivity index (χ4v) is 4.22. The lowest BCUT2D eigenvalue weighted by Gasteiger charge is -2.55. The summed E-state index contributed by atoms with van der Waals surface area (Å²) < 4.78 is 5.89. The molecule has 0 aromatic heterocycles. The van der Waals surface area contributed by atoms with Gasteiger partial charge in [-0.25, -0.2) is 0 Å². The maximum absolute atomic E-state index is 5.98. The SMILES string of the molecule is CCN=C(NC(C)c1ccc(Cl)cc1)NC1C2CCOC2C1(C)C.I. The van der Waals surface area contributed by atoms with Crippen LogP contribution in [0.25, 0.3) is 0 Å². The van der Waals surface area contributed by atoms with E-state index in [1.165, 1.54) is 5.56 Å². The lowest BCUT2D eigenvalue weighted by Crippen LogP contribution is -2.68. The highest BCUT2D eigenvalue weighted by Crippen LogP contribution is 2.52. The van der Waals surface area contributed by atoms with Crippen molar-refractivity contribution in [1.82, 2.24) is 10.6 Å². The zero-order valence-corrected chi connectivity index (χ0v) is 18.5. The van der Waals surface area contributed by atoms with E-state index in [0.717, 1.165) is 30.6 Å². The van der Waals surface area contributed by atoms with Gasteiger partial charge in [-0.2, -0.15) is 0 Å². The van der Waals surface area contributed by atoms with Crippen molar-refractivity contribution in [3.63, 3.8) is 0 Å². The van der Waals surface area contributed by atoms with Gasteiger partial charge < -0.3 is 15.4 Å². The van der Waals surface area contributed by atoms with Gasteiger partial charge in [-0.3, -0.25) is 4.99 Å². The quantitative estimate of drug-likeness (QED) is 0.384. The molecule has 1 heterocycles. The van der Waals surface area contributed by atoms with Crippen LogP contribution >= 0.6 is 35.6 Å². The summed E-state index contributed by atoms with van der Waals surface area (Å²) in [4.78, 5) is 4.64. The third-order valence-electron chi connectivity index (χ3n) is 5.43. The molecular weight excluding hydrogens is 449 g/mol. The first-order valence-corrected chi connectivity index (χ1v) is 9.26. The van der Waals surface area contributed by atoms with Crippen LogP contribution in [0.5, 0.6) is 0 Å². The monoisotopic (exact) mass is 477 g/mol. The number of rotatable bonds is 4. The van der Waals surface area contributed by atoms with Crippen molar-refractivity contribution in [3.05, 3.63) is 34.9 Å². The van der Waals surface area contributed by atoms with Crippen LogP contribution in [0.3, 0.4) is 0 Å². The van der Waals surface area contributed by atoms with Crippen LogP contribution in [-0.2, 0) is 4.74 Å². The Morgan fingerprint density at radius 1 is 1.36 bits per heavy atom. The minimum Gasteiger partial charge on any atom is -0.377 e. The van der Waals surface area contributed by atoms with E-state index in [1.807, 2.05) is 12.1 Å². The molecule has 3 rings (SSSR count). The Hall–Kier alpha value is -0.530. The summed E-state index contributed by atoms with van der Waals surface area (Å²) in [6.45, 7) is 10.4. The Bertz CT molecular complexity index is 605. The normalized spacial score (nSPS) is 28.4. The van der Waals surface area contributed by atoms with E-state index in [-0.39, 0.29) is 35.4 Å². The van der Waals surface area contributed by atoms with Crippen molar-refractivity contribution in [2.45, 2.75) is 52.3 Å². The van der Waals surface area contributed by atoms with Crippen LogP contribution in [0.15, 0.2) is 29.3 Å². The summed E-state index contributed by atoms with van der Waals surface area (Å²) in [6.07, 6.45) is 1.52. The molecule has 1 saturated heterocycles. The molecule has 2 fully saturated rings. The zero-order valence-electron chi connectivity index (χ0n) is 15.4. The molecule has 0 bridgehead atoms. The molecule has 1 saturated carbocycles. The standard InChI is InChI=1S/C19H28ClN3O.HI/c1-5-21-18(22-12(2)13-6-8-14(20)9-7-13)23-16-15-10-11-24-17(15)19(16,3)4;/h6-9,12,15-17H,5,10-11H2,1-4H3,(H2,21,22,23);1H. The fourth-order valence-electron chi connectivity index (χ4n) is 4.10. The Kier molecular flexibility index (Phi) is 7.01. The van der Waals surface area contributed by atoms with Crippen LogP contribution in [0.1, 0.15) is 45.7 Å². The average Bonchev–Trinajstić information content (AvgIpc) is 3.00. The van der Waals surface area contributed by atoms with Crippen molar-refractivity contribution < 1.29 is 4.74 Å². The number of halogens is 2. The molecule has 140 valence electrons. The van der Waals surface area contributed by atoms with Crippen LogP contribution < -0.4 is 10.6 Å². The second-order valence-electron chi connectivity index (χ2n) is 7.43. The summed E-state index contributed by atoms with van der Waals surface area (Å²) in [7, 11) is 0. The molecule has 0 spiro atoms. The molecule has 25 heavy (non-hydrogen) atoms. The van der Waals surface area contributed by atoms with Gasteiger partial charge in [0.05, 0.1) is 12.1 Å². The number of benzene rings is 1. The van der Waals surface area contributed by atoms with Crippen LogP contribution in [0.4, 0.5) is 0 Å². The van der Waals surface area contributed by atoms with Gasteiger partial charge in [0.15, 0.2) is 5.96 Å². The Labute approximate surface area is 173 Å². The maximum atomic E-state index is 5.98. The predicted molar refractivity (Wildman–Crippen MR) is 115 cm³/mol. The van der Waals surface area contributed by atoms with Gasteiger partial charge in [-0.15, -0.1) is 24.0 Å². The van der Waals surface area contributed by atoms with Crippen molar-refractivity contribution >= 4 is 41.5 Å². The summed E-state index contributed by atoms with van der Waals surface area (Å²) in [5, 5.41) is 7.95. The molecule has 1 aliphatic carbocycles. The smallest absolute Gasteiger partial charge is 0.191 e. The lowest BCUT2D eigenvalue weighted by atomic mass is 9.57. The van der Waals surface area contributed by atoms with Crippen molar-refractivity contribution in [3.8, 4) is 0 Å². The second-order valence-corrected chi connectivity index (χ2v) is 7.86. The number of guanidine groups is 1. The molecule has 1 aromatic rings. The number of nitrogens with one attached hydrogen (secondary N) is 2. The Morgan fingerprint density at radius 3 is 2.68 bits per heavy atom. The molecule has 2 aliphatic rings. The highest BCUT2D eigenvalue weighted by atomic mass is 127. The number of fused-ring (bicyclic) bond motifs is 1. The van der Waals surface area contributed by atoms with Crippen LogP contribution in [0, 0.1) is 11.3 Å². The molecule has 4 unspecified atom stereocenters. The first-order valence-electron chi connectivity index (χ1n) is 8.88. The number of aliphatic imine (C=N–C) groups is 1. The Balaban J connectivity index is 0.00000225. The van der Waals surface area contributed by atoms with Crippen molar-refractivity contribution in [1.29, 1.82) is 0 Å². The topological polar surface area (TPSA) is 45.7 Å². The molecule has 0 radical (unpaired) electrons. The number of nitrogens with zero attached hydrogens (tertiary/aromatic N) is 1. The van der Waals surface area contributed by atoms with Crippen molar-refractivity contribution in [2.75, 3.05) is 13.2 Å². The summed E-state index contributed by atoms with van der Waals surface area (Å²) >= 11 is 5.98. The first kappa shape index (κ1) is 20.8. The third kappa shape index (κ3) is 4.25. The van der Waals surface area contributed by atoms with Gasteiger partial charge in [0.2, 0.25) is 0 Å². The zero-order chi connectivity index (χ0) is 17.3. The van der Waals surface area contributed by atoms with Crippen LogP contribution in [-0.4, -0.2) is 31.3 Å². The molecule has 2 N–H and O–H groups in total. The van der Waals surface area contributed by atoms with Crippen LogP contribution in [0.2, 0.25) is 5.02 Å². The van der Waals surface area contributed by atoms with E-state index in [9.17, 15) is 0 Å². The van der Waals surface area contributed by atoms with Gasteiger partial charge in [-0.1, -0.05) is 37.6 Å². The van der Waals surface area contributed by atoms with E-state index in [2.05, 4.69) is 55.5 Å². The minimum absolute atomic E-state index is 0. The van der Waals surface area contributed by atoms with Crippen molar-refractivity contribution in [2.24, 2.45) is 16.3 Å². The molecular formula is C19H29ClIN3O. The number of hydrogen-bond acceptors (Lipinski definition) is 2. The van der Waals surface area contributed by atoms with Gasteiger partial charge in [0, 0.05) is 35.5 Å². The lowest BCUT2D eigenvalue weighted by molar-refractivity contribution is -0.106. The first-order chi connectivity index (χ1) is 11.4. The summed E-state index contributed by atoms with van der Waals surface area (Å²) in [5.74, 6) is 1.47. The summed E-state index contributed by atoms with van der Waals surface area (Å²) in [5.41, 5.74) is 1.33. The fraction of sp³-hybridized carbons (Fsp3) is 0.632. The van der Waals surface area contributed by atoms with Gasteiger partial charge in [0.1, 0.15) is 0 Å². The third-order valence-corrected chi connectivity index (χ3v) is 5.68. The summed E-state index contributed by atoms with van der Waals surface area (Å²) in [6, 6.07) is 8.53. The Morgan fingerprint density at radius 2 is 2.04 bits per heavy atom. The molecule has 0 amide bonds. The molecule has 6 heteroatoms. The van der Waals surface area contributed by atoms with E-state index < -0.39 is 0 Å².